The van der Waals surface area contributed by atoms with Crippen molar-refractivity contribution in [2.45, 2.75) is 0 Å². The van der Waals surface area contributed by atoms with Gasteiger partial charge in [0.25, 0.3) is 0 Å². The van der Waals surface area contributed by atoms with Crippen molar-refractivity contribution in [3.63, 3.8) is 0 Å². The van der Waals surface area contributed by atoms with Gasteiger partial charge in [0.1, 0.15) is 17.9 Å². The van der Waals surface area contributed by atoms with Crippen molar-refractivity contribution < 1.29 is 14.6 Å². The Bertz CT molecular complexity index is 569. The second kappa shape index (κ2) is 6.61. The molecule has 4 nitrogen and oxygen atoms in total. The molecule has 0 bridgehead atoms. The fourth-order valence-electron chi connectivity index (χ4n) is 1.87. The lowest BCUT2D eigenvalue weighted by molar-refractivity contribution is 0.0692. The molecule has 0 amide bonds. The van der Waals surface area contributed by atoms with Crippen LogP contribution in [0.25, 0.3) is 0 Å². The van der Waals surface area contributed by atoms with Crippen LogP contribution in [0.4, 0.5) is 5.69 Å². The molecule has 0 fully saturated rings. The molecule has 0 saturated heterocycles. The maximum atomic E-state index is 11.0. The zero-order valence-electron chi connectivity index (χ0n) is 11.3. The van der Waals surface area contributed by atoms with Crippen LogP contribution in [0.5, 0.6) is 5.75 Å². The number of carboxylic acids is 1. The number of para-hydroxylation sites is 2. The van der Waals surface area contributed by atoms with Crippen LogP contribution >= 0.6 is 0 Å². The second-order valence-corrected chi connectivity index (χ2v) is 4.41. The normalized spacial score (nSPS) is 10.1. The van der Waals surface area contributed by atoms with Gasteiger partial charge in [-0.05, 0) is 24.3 Å². The van der Waals surface area contributed by atoms with E-state index >= 15 is 0 Å². The van der Waals surface area contributed by atoms with Gasteiger partial charge in [0, 0.05) is 12.7 Å². The number of ether oxygens (including phenoxy) is 1. The predicted octanol–water partition coefficient (Wildman–Crippen LogP) is 2.90. The van der Waals surface area contributed by atoms with E-state index < -0.39 is 5.97 Å². The molecule has 0 spiro atoms. The van der Waals surface area contributed by atoms with Gasteiger partial charge < -0.3 is 14.7 Å². The first-order chi connectivity index (χ1) is 9.68. The fourth-order valence-corrected chi connectivity index (χ4v) is 1.87. The topological polar surface area (TPSA) is 49.8 Å². The number of hydrogen-bond donors (Lipinski definition) is 1. The minimum Gasteiger partial charge on any atom is -0.491 e. The summed E-state index contributed by atoms with van der Waals surface area (Å²) in [6.45, 7) is 1.10. The number of carbonyl (C=O) groups is 1. The highest BCUT2D eigenvalue weighted by molar-refractivity contribution is 5.90. The first-order valence-corrected chi connectivity index (χ1v) is 6.40. The average Bonchev–Trinajstić information content (AvgIpc) is 2.48. The third-order valence-electron chi connectivity index (χ3n) is 3.00. The largest absolute Gasteiger partial charge is 0.491 e. The van der Waals surface area contributed by atoms with Crippen LogP contribution in [0.15, 0.2) is 54.6 Å². The molecule has 2 aromatic carbocycles. The number of anilines is 1. The number of benzene rings is 2. The summed E-state index contributed by atoms with van der Waals surface area (Å²) in [6, 6.07) is 16.6. The van der Waals surface area contributed by atoms with Crippen LogP contribution in [-0.2, 0) is 0 Å². The lowest BCUT2D eigenvalue weighted by atomic mass is 10.2. The zero-order chi connectivity index (χ0) is 14.4. The Morgan fingerprint density at radius 3 is 2.45 bits per heavy atom. The number of likely N-dealkylation sites (N-methyl/N-ethyl adjacent to an activating group) is 1. The summed E-state index contributed by atoms with van der Waals surface area (Å²) in [5.41, 5.74) is 1.29. The van der Waals surface area contributed by atoms with Crippen LogP contribution in [0.2, 0.25) is 0 Å². The van der Waals surface area contributed by atoms with E-state index in [1.807, 2.05) is 37.4 Å². The van der Waals surface area contributed by atoms with Gasteiger partial charge in [0.05, 0.1) is 6.54 Å². The average molecular weight is 271 g/mol. The Balaban J connectivity index is 1.92. The van der Waals surface area contributed by atoms with E-state index in [0.29, 0.717) is 18.9 Å². The van der Waals surface area contributed by atoms with Gasteiger partial charge >= 0.3 is 5.97 Å². The van der Waals surface area contributed by atoms with Crippen molar-refractivity contribution in [2.24, 2.45) is 0 Å². The summed E-state index contributed by atoms with van der Waals surface area (Å²) in [5.74, 6) is -0.571. The highest BCUT2D eigenvalue weighted by atomic mass is 16.5. The van der Waals surface area contributed by atoms with Crippen LogP contribution in [0.1, 0.15) is 10.4 Å². The molecular formula is C16H17NO3. The Kier molecular flexibility index (Phi) is 4.60. The molecule has 2 rings (SSSR count). The molecule has 0 saturated carbocycles. The van der Waals surface area contributed by atoms with Crippen molar-refractivity contribution in [3.8, 4) is 5.75 Å². The minimum atomic E-state index is -0.975. The van der Waals surface area contributed by atoms with Gasteiger partial charge in [-0.2, -0.15) is 0 Å². The molecule has 1 N–H and O–H groups in total. The quantitative estimate of drug-likeness (QED) is 0.877. The van der Waals surface area contributed by atoms with E-state index in [1.54, 1.807) is 24.3 Å². The Labute approximate surface area is 118 Å². The molecule has 0 unspecified atom stereocenters. The van der Waals surface area contributed by atoms with E-state index in [4.69, 9.17) is 9.84 Å². The predicted molar refractivity (Wildman–Crippen MR) is 78.6 cm³/mol. The van der Waals surface area contributed by atoms with Crippen LogP contribution in [0, 0.1) is 0 Å². The summed E-state index contributed by atoms with van der Waals surface area (Å²) < 4.78 is 5.57. The van der Waals surface area contributed by atoms with Gasteiger partial charge in [0.2, 0.25) is 0 Å². The van der Waals surface area contributed by atoms with E-state index in [9.17, 15) is 4.79 Å². The second-order valence-electron chi connectivity index (χ2n) is 4.41. The maximum absolute atomic E-state index is 11.0. The standard InChI is InChI=1S/C16H17NO3/c1-17(13-7-3-2-4-8-13)11-12-20-15-10-6-5-9-14(15)16(18)19/h2-10H,11-12H2,1H3,(H,18,19). The smallest absolute Gasteiger partial charge is 0.339 e. The first-order valence-electron chi connectivity index (χ1n) is 6.40. The van der Waals surface area contributed by atoms with Gasteiger partial charge in [-0.15, -0.1) is 0 Å². The molecular weight excluding hydrogens is 254 g/mol. The maximum Gasteiger partial charge on any atom is 0.339 e. The van der Waals surface area contributed by atoms with Gasteiger partial charge in [-0.25, -0.2) is 4.79 Å². The van der Waals surface area contributed by atoms with Crippen molar-refractivity contribution in [1.82, 2.24) is 0 Å². The summed E-state index contributed by atoms with van der Waals surface area (Å²) >= 11 is 0. The molecule has 0 aliphatic heterocycles. The van der Waals surface area contributed by atoms with E-state index in [1.165, 1.54) is 0 Å². The number of rotatable bonds is 6. The Morgan fingerprint density at radius 1 is 1.10 bits per heavy atom. The lowest BCUT2D eigenvalue weighted by Crippen LogP contribution is -2.23. The molecule has 4 heteroatoms. The molecule has 0 aliphatic carbocycles. The number of hydrogen-bond acceptors (Lipinski definition) is 3. The van der Waals surface area contributed by atoms with Crippen molar-refractivity contribution in [1.29, 1.82) is 0 Å². The molecule has 104 valence electrons. The van der Waals surface area contributed by atoms with Gasteiger partial charge in [0.15, 0.2) is 0 Å². The zero-order valence-corrected chi connectivity index (χ0v) is 11.3. The van der Waals surface area contributed by atoms with Crippen LogP contribution in [-0.4, -0.2) is 31.3 Å². The fraction of sp³-hybridized carbons (Fsp3) is 0.188. The Hall–Kier alpha value is -2.49. The highest BCUT2D eigenvalue weighted by Gasteiger charge is 2.10. The van der Waals surface area contributed by atoms with Gasteiger partial charge in [-0.3, -0.25) is 0 Å². The van der Waals surface area contributed by atoms with Crippen molar-refractivity contribution >= 4 is 11.7 Å². The Morgan fingerprint density at radius 2 is 1.75 bits per heavy atom. The summed E-state index contributed by atoms with van der Waals surface area (Å²) in [5, 5.41) is 9.06. The number of aromatic carboxylic acids is 1. The monoisotopic (exact) mass is 271 g/mol. The third-order valence-corrected chi connectivity index (χ3v) is 3.00. The highest BCUT2D eigenvalue weighted by Crippen LogP contribution is 2.18. The van der Waals surface area contributed by atoms with Crippen molar-refractivity contribution in [3.05, 3.63) is 60.2 Å². The molecule has 0 radical (unpaired) electrons. The third kappa shape index (κ3) is 3.51. The van der Waals surface area contributed by atoms with Crippen LogP contribution < -0.4 is 9.64 Å². The minimum absolute atomic E-state index is 0.190. The first kappa shape index (κ1) is 13.9. The van der Waals surface area contributed by atoms with E-state index in [2.05, 4.69) is 4.90 Å². The molecule has 2 aromatic rings. The summed E-state index contributed by atoms with van der Waals surface area (Å²) in [4.78, 5) is 13.1. The molecule has 0 heterocycles. The summed E-state index contributed by atoms with van der Waals surface area (Å²) in [7, 11) is 1.97. The molecule has 0 aromatic heterocycles. The van der Waals surface area contributed by atoms with Gasteiger partial charge in [-0.1, -0.05) is 30.3 Å². The van der Waals surface area contributed by atoms with E-state index in [0.717, 1.165) is 5.69 Å². The van der Waals surface area contributed by atoms with Crippen LogP contribution in [0.3, 0.4) is 0 Å². The summed E-state index contributed by atoms with van der Waals surface area (Å²) in [6.07, 6.45) is 0. The van der Waals surface area contributed by atoms with Crippen molar-refractivity contribution in [2.75, 3.05) is 25.1 Å². The number of nitrogens with zero attached hydrogens (tertiary/aromatic N) is 1. The molecule has 0 aliphatic rings. The lowest BCUT2D eigenvalue weighted by Gasteiger charge is -2.19. The molecule has 0 atom stereocenters. The number of carboxylic acid groups (broad SMARTS) is 1. The SMILES string of the molecule is CN(CCOc1ccccc1C(=O)O)c1ccccc1. The van der Waals surface area contributed by atoms with E-state index in [-0.39, 0.29) is 5.56 Å². The molecule has 20 heavy (non-hydrogen) atoms.